The van der Waals surface area contributed by atoms with Crippen LogP contribution >= 0.6 is 0 Å². The second-order valence-electron chi connectivity index (χ2n) is 3.85. The van der Waals surface area contributed by atoms with Crippen molar-refractivity contribution in [3.05, 3.63) is 35.1 Å². The molecule has 1 aromatic carbocycles. The summed E-state index contributed by atoms with van der Waals surface area (Å²) in [4.78, 5) is 0. The number of rotatable bonds is 0. The van der Waals surface area contributed by atoms with Crippen molar-refractivity contribution in [2.45, 2.75) is 18.6 Å². The van der Waals surface area contributed by atoms with E-state index in [1.54, 1.807) is 6.07 Å². The summed E-state index contributed by atoms with van der Waals surface area (Å²) in [6, 6.07) is 5.49. The molecule has 0 saturated carbocycles. The molecule has 14 heavy (non-hydrogen) atoms. The fraction of sp³-hybridized carbons (Fsp3) is 0.455. The van der Waals surface area contributed by atoms with E-state index < -0.39 is 0 Å². The molecule has 3 heteroatoms. The SMILES string of the molecule is Fc1cccc2c1CC1OCCNC21. The molecule has 2 nitrogen and oxygen atoms in total. The molecule has 1 N–H and O–H groups in total. The molecule has 1 aliphatic carbocycles. The number of hydrogen-bond donors (Lipinski definition) is 1. The van der Waals surface area contributed by atoms with Crippen LogP contribution in [0.3, 0.4) is 0 Å². The van der Waals surface area contributed by atoms with Crippen molar-refractivity contribution < 1.29 is 9.13 Å². The summed E-state index contributed by atoms with van der Waals surface area (Å²) in [5.74, 6) is -0.0951. The number of fused-ring (bicyclic) bond motifs is 3. The smallest absolute Gasteiger partial charge is 0.126 e. The minimum atomic E-state index is -0.0951. The highest BCUT2D eigenvalue weighted by atomic mass is 19.1. The van der Waals surface area contributed by atoms with Gasteiger partial charge in [-0.1, -0.05) is 12.1 Å². The van der Waals surface area contributed by atoms with Crippen LogP contribution in [0, 0.1) is 5.82 Å². The van der Waals surface area contributed by atoms with Gasteiger partial charge in [0.25, 0.3) is 0 Å². The lowest BCUT2D eigenvalue weighted by molar-refractivity contribution is 0.00489. The van der Waals surface area contributed by atoms with Gasteiger partial charge < -0.3 is 10.1 Å². The van der Waals surface area contributed by atoms with Crippen molar-refractivity contribution in [2.24, 2.45) is 0 Å². The first-order chi connectivity index (χ1) is 6.86. The fourth-order valence-corrected chi connectivity index (χ4v) is 2.42. The van der Waals surface area contributed by atoms with Crippen molar-refractivity contribution in [2.75, 3.05) is 13.2 Å². The molecule has 0 bridgehead atoms. The number of benzene rings is 1. The van der Waals surface area contributed by atoms with Crippen LogP contribution in [0.2, 0.25) is 0 Å². The number of hydrogen-bond acceptors (Lipinski definition) is 2. The quantitative estimate of drug-likeness (QED) is 0.672. The summed E-state index contributed by atoms with van der Waals surface area (Å²) < 4.78 is 19.1. The predicted octanol–water partition coefficient (Wildman–Crippen LogP) is 1.41. The molecule has 1 heterocycles. The molecule has 1 fully saturated rings. The maximum absolute atomic E-state index is 13.4. The van der Waals surface area contributed by atoms with Gasteiger partial charge in [0.15, 0.2) is 0 Å². The third-order valence-electron chi connectivity index (χ3n) is 3.07. The topological polar surface area (TPSA) is 21.3 Å². The van der Waals surface area contributed by atoms with Gasteiger partial charge in [0, 0.05) is 13.0 Å². The maximum Gasteiger partial charge on any atom is 0.126 e. The highest BCUT2D eigenvalue weighted by Crippen LogP contribution is 2.35. The monoisotopic (exact) mass is 193 g/mol. The molecule has 1 aliphatic heterocycles. The van der Waals surface area contributed by atoms with Gasteiger partial charge in [-0.25, -0.2) is 4.39 Å². The van der Waals surface area contributed by atoms with Gasteiger partial charge in [-0.05, 0) is 17.2 Å². The van der Waals surface area contributed by atoms with Gasteiger partial charge >= 0.3 is 0 Å². The highest BCUT2D eigenvalue weighted by molar-refractivity contribution is 5.38. The van der Waals surface area contributed by atoms with Gasteiger partial charge in [-0.15, -0.1) is 0 Å². The van der Waals surface area contributed by atoms with Gasteiger partial charge in [0.05, 0.1) is 18.8 Å². The van der Waals surface area contributed by atoms with Crippen molar-refractivity contribution in [3.8, 4) is 0 Å². The largest absolute Gasteiger partial charge is 0.375 e. The zero-order valence-electron chi connectivity index (χ0n) is 7.79. The molecule has 2 atom stereocenters. The molecule has 0 aromatic heterocycles. The minimum Gasteiger partial charge on any atom is -0.375 e. The lowest BCUT2D eigenvalue weighted by Gasteiger charge is -2.27. The van der Waals surface area contributed by atoms with E-state index in [0.717, 1.165) is 24.3 Å². The second kappa shape index (κ2) is 3.04. The van der Waals surface area contributed by atoms with Crippen LogP contribution in [0.15, 0.2) is 18.2 Å². The van der Waals surface area contributed by atoms with Gasteiger partial charge in [0.2, 0.25) is 0 Å². The average Bonchev–Trinajstić information content (AvgIpc) is 2.59. The minimum absolute atomic E-state index is 0.0951. The molecule has 2 aliphatic rings. The molecule has 2 unspecified atom stereocenters. The van der Waals surface area contributed by atoms with Crippen LogP contribution in [-0.2, 0) is 11.2 Å². The number of halogens is 1. The molecular weight excluding hydrogens is 181 g/mol. The molecule has 3 rings (SSSR count). The number of morpholine rings is 1. The third kappa shape index (κ3) is 1.09. The standard InChI is InChI=1S/C11H12FNO/c12-9-3-1-2-7-8(9)6-10-11(7)13-4-5-14-10/h1-3,10-11,13H,4-6H2. The van der Waals surface area contributed by atoms with E-state index in [0.29, 0.717) is 6.42 Å². The first kappa shape index (κ1) is 8.38. The molecule has 74 valence electrons. The molecule has 0 radical (unpaired) electrons. The van der Waals surface area contributed by atoms with E-state index in [2.05, 4.69) is 5.32 Å². The van der Waals surface area contributed by atoms with Crippen LogP contribution in [-0.4, -0.2) is 19.3 Å². The van der Waals surface area contributed by atoms with Crippen molar-refractivity contribution in [1.82, 2.24) is 5.32 Å². The maximum atomic E-state index is 13.4. The average molecular weight is 193 g/mol. The summed E-state index contributed by atoms with van der Waals surface area (Å²) in [5.41, 5.74) is 1.91. The Bertz CT molecular complexity index is 366. The summed E-state index contributed by atoms with van der Waals surface area (Å²) >= 11 is 0. The van der Waals surface area contributed by atoms with E-state index >= 15 is 0 Å². The molecular formula is C11H12FNO. The van der Waals surface area contributed by atoms with Gasteiger partial charge in [0.1, 0.15) is 5.82 Å². The summed E-state index contributed by atoms with van der Waals surface area (Å²) in [6.45, 7) is 1.59. The zero-order chi connectivity index (χ0) is 9.54. The van der Waals surface area contributed by atoms with E-state index in [1.165, 1.54) is 6.07 Å². The Balaban J connectivity index is 2.05. The Morgan fingerprint density at radius 3 is 3.29 bits per heavy atom. The van der Waals surface area contributed by atoms with Gasteiger partial charge in [-0.2, -0.15) is 0 Å². The Morgan fingerprint density at radius 2 is 2.36 bits per heavy atom. The molecule has 1 saturated heterocycles. The van der Waals surface area contributed by atoms with Crippen LogP contribution in [0.4, 0.5) is 4.39 Å². The third-order valence-corrected chi connectivity index (χ3v) is 3.07. The van der Waals surface area contributed by atoms with E-state index in [9.17, 15) is 4.39 Å². The van der Waals surface area contributed by atoms with Crippen LogP contribution < -0.4 is 5.32 Å². The van der Waals surface area contributed by atoms with Crippen molar-refractivity contribution in [3.63, 3.8) is 0 Å². The number of nitrogens with one attached hydrogen (secondary N) is 1. The Kier molecular flexibility index (Phi) is 1.82. The Labute approximate surface area is 82.1 Å². The van der Waals surface area contributed by atoms with E-state index in [1.807, 2.05) is 6.07 Å². The van der Waals surface area contributed by atoms with Crippen LogP contribution in [0.1, 0.15) is 17.2 Å². The van der Waals surface area contributed by atoms with Crippen LogP contribution in [0.5, 0.6) is 0 Å². The van der Waals surface area contributed by atoms with Gasteiger partial charge in [-0.3, -0.25) is 0 Å². The van der Waals surface area contributed by atoms with Crippen molar-refractivity contribution >= 4 is 0 Å². The summed E-state index contributed by atoms with van der Waals surface area (Å²) in [5, 5.41) is 3.37. The zero-order valence-corrected chi connectivity index (χ0v) is 7.79. The van der Waals surface area contributed by atoms with E-state index in [4.69, 9.17) is 4.74 Å². The van der Waals surface area contributed by atoms with E-state index in [-0.39, 0.29) is 18.0 Å². The first-order valence-electron chi connectivity index (χ1n) is 4.98. The highest BCUT2D eigenvalue weighted by Gasteiger charge is 2.36. The lowest BCUT2D eigenvalue weighted by atomic mass is 10.1. The fourth-order valence-electron chi connectivity index (χ4n) is 2.42. The molecule has 0 amide bonds. The Hall–Kier alpha value is -0.930. The predicted molar refractivity (Wildman–Crippen MR) is 50.6 cm³/mol. The molecule has 1 aromatic rings. The lowest BCUT2D eigenvalue weighted by Crippen LogP contribution is -2.39. The second-order valence-corrected chi connectivity index (χ2v) is 3.85. The molecule has 0 spiro atoms. The first-order valence-corrected chi connectivity index (χ1v) is 4.98. The summed E-state index contributed by atoms with van der Waals surface area (Å²) in [6.07, 6.45) is 0.843. The number of ether oxygens (including phenoxy) is 1. The van der Waals surface area contributed by atoms with Crippen molar-refractivity contribution in [1.29, 1.82) is 0 Å². The normalized spacial score (nSPS) is 29.8. The Morgan fingerprint density at radius 1 is 1.43 bits per heavy atom. The summed E-state index contributed by atoms with van der Waals surface area (Å²) in [7, 11) is 0. The van der Waals surface area contributed by atoms with Crippen LogP contribution in [0.25, 0.3) is 0 Å².